The summed E-state index contributed by atoms with van der Waals surface area (Å²) in [6.07, 6.45) is 4.01. The monoisotopic (exact) mass is 266 g/mol. The molecule has 1 amide bonds. The lowest BCUT2D eigenvalue weighted by Crippen LogP contribution is -2.16. The number of carbonyl (C=O) groups excluding carboxylic acids is 1. The number of hydrogen-bond acceptors (Lipinski definition) is 5. The molecular weight excluding hydrogens is 256 g/mol. The fourth-order valence-electron chi connectivity index (χ4n) is 1.40. The van der Waals surface area contributed by atoms with Gasteiger partial charge < -0.3 is 5.73 Å². The lowest BCUT2D eigenvalue weighted by molar-refractivity contribution is 0.0993. The summed E-state index contributed by atoms with van der Waals surface area (Å²) in [6.45, 7) is 0. The third kappa shape index (κ3) is 2.23. The van der Waals surface area contributed by atoms with Gasteiger partial charge in [0.05, 0.1) is 5.69 Å². The molecule has 0 saturated carbocycles. The zero-order valence-corrected chi connectivity index (χ0v) is 10.3. The van der Waals surface area contributed by atoms with E-state index in [1.165, 1.54) is 17.1 Å². The Morgan fingerprint density at radius 2 is 1.94 bits per heavy atom. The fraction of sp³-hybridized carbons (Fsp3) is 0.100. The number of hydrogen-bond donors (Lipinski definition) is 1. The van der Waals surface area contributed by atoms with E-state index in [4.69, 9.17) is 5.73 Å². The van der Waals surface area contributed by atoms with E-state index in [1.807, 2.05) is 0 Å². The number of nitrogens with two attached hydrogens (primary N) is 1. The Balaban J connectivity index is 2.67. The summed E-state index contributed by atoms with van der Waals surface area (Å²) >= 11 is 0. The summed E-state index contributed by atoms with van der Waals surface area (Å²) in [7, 11) is -3.50. The quantitative estimate of drug-likeness (QED) is 0.825. The highest BCUT2D eigenvalue weighted by Crippen LogP contribution is 2.14. The normalized spacial score (nSPS) is 11.4. The predicted octanol–water partition coefficient (Wildman–Crippen LogP) is -0.230. The minimum Gasteiger partial charge on any atom is -0.364 e. The topological polar surface area (TPSA) is 108 Å². The van der Waals surface area contributed by atoms with Crippen molar-refractivity contribution < 1.29 is 13.2 Å². The molecule has 2 heterocycles. The van der Waals surface area contributed by atoms with Crippen molar-refractivity contribution >= 4 is 15.7 Å². The van der Waals surface area contributed by atoms with Crippen molar-refractivity contribution in [2.45, 2.75) is 5.03 Å². The van der Waals surface area contributed by atoms with Crippen molar-refractivity contribution in [2.24, 2.45) is 5.73 Å². The molecule has 0 radical (unpaired) electrons. The molecule has 0 atom stereocenters. The van der Waals surface area contributed by atoms with Crippen molar-refractivity contribution in [2.75, 3.05) is 6.26 Å². The maximum atomic E-state index is 11.4. The molecular formula is C10H10N4O3S. The number of amides is 1. The zero-order valence-electron chi connectivity index (χ0n) is 9.44. The lowest BCUT2D eigenvalue weighted by atomic mass is 10.3. The Labute approximate surface area is 103 Å². The molecule has 18 heavy (non-hydrogen) atoms. The molecule has 7 nitrogen and oxygen atoms in total. The Kier molecular flexibility index (Phi) is 2.87. The smallest absolute Gasteiger partial charge is 0.267 e. The summed E-state index contributed by atoms with van der Waals surface area (Å²) in [5.41, 5.74) is 5.71. The first-order chi connectivity index (χ1) is 8.39. The van der Waals surface area contributed by atoms with Crippen LogP contribution in [0.5, 0.6) is 0 Å². The second-order valence-electron chi connectivity index (χ2n) is 3.62. The van der Waals surface area contributed by atoms with Gasteiger partial charge in [-0.25, -0.2) is 13.1 Å². The summed E-state index contributed by atoms with van der Waals surface area (Å²) in [5.74, 6) is -0.755. The second-order valence-corrected chi connectivity index (χ2v) is 5.58. The Bertz CT molecular complexity index is 691. The van der Waals surface area contributed by atoms with E-state index in [1.54, 1.807) is 12.1 Å². The zero-order chi connectivity index (χ0) is 13.3. The van der Waals surface area contributed by atoms with Gasteiger partial charge in [-0.1, -0.05) is 0 Å². The van der Waals surface area contributed by atoms with E-state index < -0.39 is 15.7 Å². The third-order valence-electron chi connectivity index (χ3n) is 2.23. The van der Waals surface area contributed by atoms with Gasteiger partial charge in [0.2, 0.25) is 0 Å². The molecule has 94 valence electrons. The standard InChI is InChI=1S/C10H10N4O3S/c1-18(16,17)9-6-8(10(11)15)14(13-9)7-2-4-12-5-3-7/h2-6H,1H3,(H2,11,15). The van der Waals surface area contributed by atoms with Gasteiger partial charge in [-0.2, -0.15) is 5.10 Å². The third-order valence-corrected chi connectivity index (χ3v) is 3.19. The number of aromatic nitrogens is 3. The first-order valence-corrected chi connectivity index (χ1v) is 6.79. The van der Waals surface area contributed by atoms with Crippen LogP contribution in [0.4, 0.5) is 0 Å². The SMILES string of the molecule is CS(=O)(=O)c1cc(C(N)=O)n(-c2ccncc2)n1. The summed E-state index contributed by atoms with van der Waals surface area (Å²) in [5, 5.41) is 3.67. The number of nitrogens with zero attached hydrogens (tertiary/aromatic N) is 3. The van der Waals surface area contributed by atoms with Crippen LogP contribution in [-0.4, -0.2) is 35.3 Å². The molecule has 2 rings (SSSR count). The molecule has 8 heteroatoms. The van der Waals surface area contributed by atoms with E-state index in [0.29, 0.717) is 5.69 Å². The predicted molar refractivity (Wildman–Crippen MR) is 63.0 cm³/mol. The van der Waals surface area contributed by atoms with Crippen LogP contribution >= 0.6 is 0 Å². The molecule has 0 fully saturated rings. The van der Waals surface area contributed by atoms with Gasteiger partial charge in [0.25, 0.3) is 5.91 Å². The minimum atomic E-state index is -3.50. The van der Waals surface area contributed by atoms with E-state index in [9.17, 15) is 13.2 Å². The Morgan fingerprint density at radius 3 is 2.44 bits per heavy atom. The number of primary amides is 1. The van der Waals surface area contributed by atoms with Crippen LogP contribution in [0.2, 0.25) is 0 Å². The summed E-state index contributed by atoms with van der Waals surface area (Å²) < 4.78 is 24.0. The van der Waals surface area contributed by atoms with Gasteiger partial charge in [-0.3, -0.25) is 9.78 Å². The molecule has 0 saturated heterocycles. The maximum Gasteiger partial charge on any atom is 0.267 e. The molecule has 0 spiro atoms. The summed E-state index contributed by atoms with van der Waals surface area (Å²) in [6, 6.07) is 4.33. The van der Waals surface area contributed by atoms with E-state index >= 15 is 0 Å². The Hall–Kier alpha value is -2.22. The van der Waals surface area contributed by atoms with Crippen LogP contribution in [0, 0.1) is 0 Å². The lowest BCUT2D eigenvalue weighted by Gasteiger charge is -2.03. The molecule has 0 aromatic carbocycles. The van der Waals surface area contributed by atoms with Crippen molar-refractivity contribution in [1.29, 1.82) is 0 Å². The number of sulfone groups is 1. The second kappa shape index (κ2) is 4.22. The van der Waals surface area contributed by atoms with E-state index in [2.05, 4.69) is 10.1 Å². The molecule has 0 aliphatic heterocycles. The van der Waals surface area contributed by atoms with Crippen molar-refractivity contribution in [3.63, 3.8) is 0 Å². The van der Waals surface area contributed by atoms with Crippen LogP contribution in [0.15, 0.2) is 35.6 Å². The molecule has 2 aromatic rings. The molecule has 0 aliphatic rings. The van der Waals surface area contributed by atoms with Crippen molar-refractivity contribution in [3.8, 4) is 5.69 Å². The maximum absolute atomic E-state index is 11.4. The first kappa shape index (κ1) is 12.2. The van der Waals surface area contributed by atoms with Crippen molar-refractivity contribution in [3.05, 3.63) is 36.3 Å². The average Bonchev–Trinajstić information content (AvgIpc) is 2.74. The van der Waals surface area contributed by atoms with Gasteiger partial charge in [-0.15, -0.1) is 0 Å². The average molecular weight is 266 g/mol. The van der Waals surface area contributed by atoms with Gasteiger partial charge in [0.1, 0.15) is 5.69 Å². The van der Waals surface area contributed by atoms with Crippen LogP contribution in [0.1, 0.15) is 10.5 Å². The Morgan fingerprint density at radius 1 is 1.33 bits per heavy atom. The van der Waals surface area contributed by atoms with Gasteiger partial charge in [-0.05, 0) is 12.1 Å². The highest BCUT2D eigenvalue weighted by molar-refractivity contribution is 7.90. The largest absolute Gasteiger partial charge is 0.364 e. The molecule has 0 unspecified atom stereocenters. The van der Waals surface area contributed by atoms with Crippen molar-refractivity contribution in [1.82, 2.24) is 14.8 Å². The number of carbonyl (C=O) groups is 1. The van der Waals surface area contributed by atoms with Crippen LogP contribution in [-0.2, 0) is 9.84 Å². The van der Waals surface area contributed by atoms with E-state index in [0.717, 1.165) is 12.3 Å². The minimum absolute atomic E-state index is 0.00150. The van der Waals surface area contributed by atoms with Crippen LogP contribution in [0.3, 0.4) is 0 Å². The van der Waals surface area contributed by atoms with Gasteiger partial charge in [0.15, 0.2) is 14.9 Å². The number of pyridine rings is 1. The van der Waals surface area contributed by atoms with Crippen LogP contribution < -0.4 is 5.73 Å². The van der Waals surface area contributed by atoms with Gasteiger partial charge >= 0.3 is 0 Å². The summed E-state index contributed by atoms with van der Waals surface area (Å²) in [4.78, 5) is 15.1. The first-order valence-electron chi connectivity index (χ1n) is 4.90. The molecule has 0 bridgehead atoms. The number of rotatable bonds is 3. The van der Waals surface area contributed by atoms with E-state index in [-0.39, 0.29) is 10.7 Å². The highest BCUT2D eigenvalue weighted by Gasteiger charge is 2.19. The fourth-order valence-corrected chi connectivity index (χ4v) is 1.95. The molecule has 2 N–H and O–H groups in total. The van der Waals surface area contributed by atoms with Crippen LogP contribution in [0.25, 0.3) is 5.69 Å². The molecule has 0 aliphatic carbocycles. The molecule has 2 aromatic heterocycles. The van der Waals surface area contributed by atoms with Gasteiger partial charge in [0, 0.05) is 24.7 Å². The highest BCUT2D eigenvalue weighted by atomic mass is 32.2.